The van der Waals surface area contributed by atoms with Crippen LogP contribution in [0.3, 0.4) is 0 Å². The van der Waals surface area contributed by atoms with E-state index < -0.39 is 10.8 Å². The van der Waals surface area contributed by atoms with Gasteiger partial charge >= 0.3 is 0 Å². The number of benzene rings is 2. The highest BCUT2D eigenvalue weighted by molar-refractivity contribution is 6.33. The molecule has 8 heteroatoms. The first-order chi connectivity index (χ1) is 11.8. The number of ether oxygens (including phenoxy) is 1. The summed E-state index contributed by atoms with van der Waals surface area (Å²) >= 11 is 5.94. The maximum atomic E-state index is 11.7. The summed E-state index contributed by atoms with van der Waals surface area (Å²) in [6, 6.07) is 9.60. The Morgan fingerprint density at radius 3 is 2.60 bits per heavy atom. The van der Waals surface area contributed by atoms with Crippen molar-refractivity contribution >= 4 is 29.4 Å². The quantitative estimate of drug-likeness (QED) is 0.484. The number of carbonyl (C=O) groups is 1. The number of nitro benzene ring substituents is 1. The summed E-state index contributed by atoms with van der Waals surface area (Å²) < 4.78 is 5.41. The Morgan fingerprint density at radius 1 is 1.28 bits per heavy atom. The second-order valence-electron chi connectivity index (χ2n) is 5.37. The Morgan fingerprint density at radius 2 is 1.96 bits per heavy atom. The Kier molecular flexibility index (Phi) is 6.08. The van der Waals surface area contributed by atoms with Crippen molar-refractivity contribution in [1.82, 2.24) is 5.43 Å². The van der Waals surface area contributed by atoms with Crippen LogP contribution in [0.5, 0.6) is 5.75 Å². The molecule has 0 unspecified atom stereocenters. The first-order valence-corrected chi connectivity index (χ1v) is 7.70. The van der Waals surface area contributed by atoms with Crippen LogP contribution in [-0.2, 0) is 4.79 Å². The number of hydrogen-bond donors (Lipinski definition) is 1. The van der Waals surface area contributed by atoms with E-state index in [0.29, 0.717) is 11.3 Å². The minimum Gasteiger partial charge on any atom is -0.484 e. The summed E-state index contributed by atoms with van der Waals surface area (Å²) in [6.07, 6.45) is 1.24. The number of nitrogens with zero attached hydrogens (tertiary/aromatic N) is 2. The molecule has 25 heavy (non-hydrogen) atoms. The number of rotatable bonds is 6. The molecule has 0 aromatic heterocycles. The number of hydrazone groups is 1. The lowest BCUT2D eigenvalue weighted by atomic mass is 10.1. The molecule has 0 spiro atoms. The zero-order valence-electron chi connectivity index (χ0n) is 13.7. The normalized spacial score (nSPS) is 10.7. The molecule has 0 aliphatic heterocycles. The molecule has 0 bridgehead atoms. The van der Waals surface area contributed by atoms with E-state index in [1.54, 1.807) is 0 Å². The fourth-order valence-electron chi connectivity index (χ4n) is 2.11. The molecular formula is C17H16ClN3O4. The monoisotopic (exact) mass is 361 g/mol. The minimum absolute atomic E-state index is 0.115. The molecule has 0 saturated carbocycles. The predicted molar refractivity (Wildman–Crippen MR) is 95.3 cm³/mol. The lowest BCUT2D eigenvalue weighted by Crippen LogP contribution is -2.24. The standard InChI is InChI=1S/C17H16ClN3O4/c1-11-5-12(2)7-15(6-11)25-10-17(22)20-19-9-13-8-14(21(23)24)3-4-16(13)18/h3-9H,10H2,1-2H3,(H,20,22)/b19-9-. The van der Waals surface area contributed by atoms with E-state index >= 15 is 0 Å². The summed E-state index contributed by atoms with van der Waals surface area (Å²) in [4.78, 5) is 22.0. The Bertz CT molecular complexity index is 816. The molecule has 0 atom stereocenters. The van der Waals surface area contributed by atoms with Gasteiger partial charge in [-0.25, -0.2) is 5.43 Å². The Hall–Kier alpha value is -2.93. The molecule has 2 rings (SSSR count). The molecule has 0 heterocycles. The maximum Gasteiger partial charge on any atom is 0.277 e. The van der Waals surface area contributed by atoms with Gasteiger partial charge in [0.1, 0.15) is 5.75 Å². The number of nitrogens with one attached hydrogen (secondary N) is 1. The zero-order chi connectivity index (χ0) is 18.4. The molecule has 2 aromatic carbocycles. The van der Waals surface area contributed by atoms with Crippen molar-refractivity contribution in [2.24, 2.45) is 5.10 Å². The van der Waals surface area contributed by atoms with Crippen LogP contribution in [0.15, 0.2) is 41.5 Å². The van der Waals surface area contributed by atoms with E-state index in [1.165, 1.54) is 24.4 Å². The van der Waals surface area contributed by atoms with E-state index in [4.69, 9.17) is 16.3 Å². The molecule has 7 nitrogen and oxygen atoms in total. The molecule has 0 aliphatic carbocycles. The third-order valence-electron chi connectivity index (χ3n) is 3.15. The highest BCUT2D eigenvalue weighted by Crippen LogP contribution is 2.20. The number of aryl methyl sites for hydroxylation is 2. The first kappa shape index (κ1) is 18.4. The lowest BCUT2D eigenvalue weighted by molar-refractivity contribution is -0.384. The number of amides is 1. The van der Waals surface area contributed by atoms with Crippen LogP contribution in [0.4, 0.5) is 5.69 Å². The molecule has 0 aliphatic rings. The molecule has 1 amide bonds. The van der Waals surface area contributed by atoms with Crippen LogP contribution < -0.4 is 10.2 Å². The fourth-order valence-corrected chi connectivity index (χ4v) is 2.28. The van der Waals surface area contributed by atoms with Gasteiger partial charge in [0.15, 0.2) is 6.61 Å². The van der Waals surface area contributed by atoms with Crippen LogP contribution in [0, 0.1) is 24.0 Å². The molecule has 0 fully saturated rings. The van der Waals surface area contributed by atoms with E-state index in [2.05, 4.69) is 10.5 Å². The summed E-state index contributed by atoms with van der Waals surface area (Å²) in [5.74, 6) is 0.135. The predicted octanol–water partition coefficient (Wildman–Crippen LogP) is 3.39. The minimum atomic E-state index is -0.538. The van der Waals surface area contributed by atoms with Crippen molar-refractivity contribution in [2.45, 2.75) is 13.8 Å². The van der Waals surface area contributed by atoms with Gasteiger partial charge in [-0.2, -0.15) is 5.10 Å². The second-order valence-corrected chi connectivity index (χ2v) is 5.78. The third-order valence-corrected chi connectivity index (χ3v) is 3.49. The number of carbonyl (C=O) groups excluding carboxylic acids is 1. The third kappa shape index (κ3) is 5.58. The van der Waals surface area contributed by atoms with Gasteiger partial charge in [-0.05, 0) is 43.2 Å². The van der Waals surface area contributed by atoms with Crippen LogP contribution in [0.1, 0.15) is 16.7 Å². The van der Waals surface area contributed by atoms with Gasteiger partial charge in [0.25, 0.3) is 11.6 Å². The van der Waals surface area contributed by atoms with Crippen LogP contribution in [0.2, 0.25) is 5.02 Å². The van der Waals surface area contributed by atoms with Crippen LogP contribution in [0.25, 0.3) is 0 Å². The maximum absolute atomic E-state index is 11.7. The van der Waals surface area contributed by atoms with Gasteiger partial charge in [0.2, 0.25) is 0 Å². The van der Waals surface area contributed by atoms with Crippen molar-refractivity contribution in [3.63, 3.8) is 0 Å². The number of non-ortho nitro benzene ring substituents is 1. The van der Waals surface area contributed by atoms with E-state index in [1.807, 2.05) is 32.0 Å². The van der Waals surface area contributed by atoms with Gasteiger partial charge < -0.3 is 4.74 Å². The van der Waals surface area contributed by atoms with E-state index in [-0.39, 0.29) is 17.3 Å². The van der Waals surface area contributed by atoms with Crippen molar-refractivity contribution in [1.29, 1.82) is 0 Å². The molecule has 0 radical (unpaired) electrons. The summed E-state index contributed by atoms with van der Waals surface area (Å²) in [6.45, 7) is 3.67. The smallest absolute Gasteiger partial charge is 0.277 e. The van der Waals surface area contributed by atoms with Crippen molar-refractivity contribution < 1.29 is 14.5 Å². The first-order valence-electron chi connectivity index (χ1n) is 7.32. The van der Waals surface area contributed by atoms with Gasteiger partial charge in [0, 0.05) is 22.7 Å². The molecule has 1 N–H and O–H groups in total. The SMILES string of the molecule is Cc1cc(C)cc(OCC(=O)N/N=C\c2cc([N+](=O)[O-])ccc2Cl)c1. The summed E-state index contributed by atoms with van der Waals surface area (Å²) in [5.41, 5.74) is 4.57. The highest BCUT2D eigenvalue weighted by atomic mass is 35.5. The number of nitro groups is 1. The van der Waals surface area contributed by atoms with Gasteiger partial charge in [-0.1, -0.05) is 17.7 Å². The highest BCUT2D eigenvalue weighted by Gasteiger charge is 2.08. The molecule has 0 saturated heterocycles. The molecule has 130 valence electrons. The average molecular weight is 362 g/mol. The lowest BCUT2D eigenvalue weighted by Gasteiger charge is -2.07. The van der Waals surface area contributed by atoms with E-state index in [0.717, 1.165) is 11.1 Å². The summed E-state index contributed by atoms with van der Waals surface area (Å²) in [7, 11) is 0. The van der Waals surface area contributed by atoms with Gasteiger partial charge in [-0.3, -0.25) is 14.9 Å². The topological polar surface area (TPSA) is 93.8 Å². The number of hydrogen-bond acceptors (Lipinski definition) is 5. The van der Waals surface area contributed by atoms with Crippen LogP contribution in [-0.4, -0.2) is 23.7 Å². The fraction of sp³-hybridized carbons (Fsp3) is 0.176. The average Bonchev–Trinajstić information content (AvgIpc) is 2.53. The van der Waals surface area contributed by atoms with Gasteiger partial charge in [-0.15, -0.1) is 0 Å². The van der Waals surface area contributed by atoms with E-state index in [9.17, 15) is 14.9 Å². The summed E-state index contributed by atoms with van der Waals surface area (Å²) in [5, 5.41) is 14.8. The van der Waals surface area contributed by atoms with Crippen molar-refractivity contribution in [3.8, 4) is 5.75 Å². The van der Waals surface area contributed by atoms with Crippen molar-refractivity contribution in [2.75, 3.05) is 6.61 Å². The van der Waals surface area contributed by atoms with Crippen molar-refractivity contribution in [3.05, 3.63) is 68.2 Å². The number of halogens is 1. The molecule has 2 aromatic rings. The second kappa shape index (κ2) is 8.25. The van der Waals surface area contributed by atoms with Crippen LogP contribution >= 0.6 is 11.6 Å². The molecular weight excluding hydrogens is 346 g/mol. The Balaban J connectivity index is 1.92. The zero-order valence-corrected chi connectivity index (χ0v) is 14.4. The van der Waals surface area contributed by atoms with Gasteiger partial charge in [0.05, 0.1) is 11.1 Å². The Labute approximate surface area is 149 Å². The largest absolute Gasteiger partial charge is 0.484 e.